The summed E-state index contributed by atoms with van der Waals surface area (Å²) < 4.78 is 5.30. The van der Waals surface area contributed by atoms with Gasteiger partial charge < -0.3 is 20.7 Å². The molecule has 5 nitrogen and oxygen atoms in total. The van der Waals surface area contributed by atoms with Crippen molar-refractivity contribution < 1.29 is 9.53 Å². The lowest BCUT2D eigenvalue weighted by molar-refractivity contribution is -0.126. The first-order chi connectivity index (χ1) is 12.5. The van der Waals surface area contributed by atoms with Crippen molar-refractivity contribution in [2.45, 2.75) is 18.9 Å². The highest BCUT2D eigenvalue weighted by Crippen LogP contribution is 2.27. The van der Waals surface area contributed by atoms with Crippen LogP contribution >= 0.6 is 24.8 Å². The predicted octanol–water partition coefficient (Wildman–Crippen LogP) is 3.36. The maximum atomic E-state index is 12.6. The van der Waals surface area contributed by atoms with Gasteiger partial charge in [0.25, 0.3) is 0 Å². The van der Waals surface area contributed by atoms with E-state index in [1.54, 1.807) is 14.0 Å². The third kappa shape index (κ3) is 5.53. The zero-order valence-electron chi connectivity index (χ0n) is 16.3. The molecule has 1 amide bonds. The third-order valence-electron chi connectivity index (χ3n) is 5.10. The van der Waals surface area contributed by atoms with Crippen molar-refractivity contribution in [1.29, 1.82) is 0 Å². The Hall–Kier alpha value is -1.95. The molecule has 0 bridgehead atoms. The molecule has 3 N–H and O–H groups in total. The highest BCUT2D eigenvalue weighted by molar-refractivity contribution is 5.87. The number of benzene rings is 2. The highest BCUT2D eigenvalue weighted by Gasteiger charge is 2.31. The first-order valence-corrected chi connectivity index (χ1v) is 9.02. The Labute approximate surface area is 179 Å². The van der Waals surface area contributed by atoms with Crippen LogP contribution in [0.3, 0.4) is 0 Å². The van der Waals surface area contributed by atoms with Crippen LogP contribution in [0.25, 0.3) is 0 Å². The number of nitrogens with two attached hydrogens (primary N) is 1. The third-order valence-corrected chi connectivity index (χ3v) is 5.10. The lowest BCUT2D eigenvalue weighted by atomic mass is 9.92. The van der Waals surface area contributed by atoms with Gasteiger partial charge in [0, 0.05) is 31.4 Å². The highest BCUT2D eigenvalue weighted by atomic mass is 35.5. The van der Waals surface area contributed by atoms with Crippen LogP contribution < -0.4 is 20.7 Å². The molecule has 154 valence electrons. The molecule has 0 aliphatic carbocycles. The molecule has 1 aliphatic heterocycles. The molecule has 7 heteroatoms. The van der Waals surface area contributed by atoms with Crippen molar-refractivity contribution in [3.63, 3.8) is 0 Å². The van der Waals surface area contributed by atoms with Crippen LogP contribution in [0, 0.1) is 5.92 Å². The molecule has 2 aromatic rings. The quantitative estimate of drug-likeness (QED) is 0.744. The van der Waals surface area contributed by atoms with Gasteiger partial charge in [0.1, 0.15) is 11.3 Å². The number of halogens is 2. The Morgan fingerprint density at radius 3 is 2.61 bits per heavy atom. The lowest BCUT2D eigenvalue weighted by Crippen LogP contribution is -2.50. The summed E-state index contributed by atoms with van der Waals surface area (Å²) in [6.07, 6.45) is 1.05. The standard InChI is InChI=1S/C21H27N3O2.2ClH/c1-21(22,17-7-4-3-5-8-17)20(25)23-14-16-11-12-24(15-16)18-9-6-10-19(13-18)26-2;;/h3-10,13,16H,11-12,14-15,22H2,1-2H3,(H,23,25);2*1H. The second kappa shape index (κ2) is 10.6. The van der Waals surface area contributed by atoms with E-state index in [2.05, 4.69) is 16.3 Å². The molecule has 28 heavy (non-hydrogen) atoms. The second-order valence-corrected chi connectivity index (χ2v) is 7.08. The molecule has 1 heterocycles. The van der Waals surface area contributed by atoms with Crippen molar-refractivity contribution in [2.24, 2.45) is 11.7 Å². The molecule has 0 saturated carbocycles. The van der Waals surface area contributed by atoms with E-state index in [0.717, 1.165) is 36.5 Å². The largest absolute Gasteiger partial charge is 0.497 e. The molecule has 2 unspecified atom stereocenters. The van der Waals surface area contributed by atoms with Crippen LogP contribution in [0.5, 0.6) is 5.75 Å². The maximum absolute atomic E-state index is 12.6. The average molecular weight is 426 g/mol. The number of amides is 1. The normalized spacial score (nSPS) is 17.7. The van der Waals surface area contributed by atoms with Crippen LogP contribution in [-0.2, 0) is 10.3 Å². The van der Waals surface area contributed by atoms with Gasteiger partial charge in [0.15, 0.2) is 0 Å². The van der Waals surface area contributed by atoms with Crippen molar-refractivity contribution in [3.8, 4) is 5.75 Å². The van der Waals surface area contributed by atoms with Gasteiger partial charge in [-0.2, -0.15) is 0 Å². The minimum absolute atomic E-state index is 0. The minimum atomic E-state index is -1.02. The SMILES string of the molecule is COc1cccc(N2CCC(CNC(=O)C(C)(N)c3ccccc3)C2)c1.Cl.Cl. The molecule has 2 atom stereocenters. The summed E-state index contributed by atoms with van der Waals surface area (Å²) in [5.41, 5.74) is 7.24. The van der Waals surface area contributed by atoms with E-state index in [1.165, 1.54) is 0 Å². The lowest BCUT2D eigenvalue weighted by Gasteiger charge is -2.25. The zero-order valence-corrected chi connectivity index (χ0v) is 17.9. The Morgan fingerprint density at radius 2 is 1.93 bits per heavy atom. The van der Waals surface area contributed by atoms with Gasteiger partial charge in [-0.25, -0.2) is 0 Å². The number of carbonyl (C=O) groups excluding carboxylic acids is 1. The number of nitrogens with one attached hydrogen (secondary N) is 1. The molecule has 2 aromatic carbocycles. The molecular formula is C21H29Cl2N3O2. The molecule has 1 fully saturated rings. The number of carbonyl (C=O) groups is 1. The fraction of sp³-hybridized carbons (Fsp3) is 0.381. The van der Waals surface area contributed by atoms with E-state index in [1.807, 2.05) is 48.5 Å². The van der Waals surface area contributed by atoms with Crippen LogP contribution in [0.1, 0.15) is 18.9 Å². The number of anilines is 1. The van der Waals surface area contributed by atoms with Crippen molar-refractivity contribution in [1.82, 2.24) is 5.32 Å². The number of rotatable bonds is 6. The number of nitrogens with zero attached hydrogens (tertiary/aromatic N) is 1. The molecule has 0 aromatic heterocycles. The van der Waals surface area contributed by atoms with Gasteiger partial charge in [0.05, 0.1) is 7.11 Å². The maximum Gasteiger partial charge on any atom is 0.244 e. The van der Waals surface area contributed by atoms with Gasteiger partial charge in [-0.3, -0.25) is 4.79 Å². The summed E-state index contributed by atoms with van der Waals surface area (Å²) in [6, 6.07) is 17.6. The zero-order chi connectivity index (χ0) is 18.6. The second-order valence-electron chi connectivity index (χ2n) is 7.08. The summed E-state index contributed by atoms with van der Waals surface area (Å²) >= 11 is 0. The van der Waals surface area contributed by atoms with E-state index in [9.17, 15) is 4.79 Å². The van der Waals surface area contributed by atoms with Gasteiger partial charge in [-0.05, 0) is 37.0 Å². The van der Waals surface area contributed by atoms with E-state index in [4.69, 9.17) is 10.5 Å². The Morgan fingerprint density at radius 1 is 1.21 bits per heavy atom. The predicted molar refractivity (Wildman–Crippen MR) is 119 cm³/mol. The number of hydrogen-bond donors (Lipinski definition) is 2. The molecule has 0 spiro atoms. The average Bonchev–Trinajstić information content (AvgIpc) is 3.16. The van der Waals surface area contributed by atoms with Crippen LogP contribution in [0.4, 0.5) is 5.69 Å². The summed E-state index contributed by atoms with van der Waals surface area (Å²) in [7, 11) is 1.68. The van der Waals surface area contributed by atoms with Gasteiger partial charge in [-0.15, -0.1) is 24.8 Å². The smallest absolute Gasteiger partial charge is 0.244 e. The summed E-state index contributed by atoms with van der Waals surface area (Å²) in [5, 5.41) is 3.04. The van der Waals surface area contributed by atoms with E-state index >= 15 is 0 Å². The molecule has 3 rings (SSSR count). The monoisotopic (exact) mass is 425 g/mol. The molecular weight excluding hydrogens is 397 g/mol. The van der Waals surface area contributed by atoms with Crippen LogP contribution in [0.15, 0.2) is 54.6 Å². The minimum Gasteiger partial charge on any atom is -0.497 e. The topological polar surface area (TPSA) is 67.6 Å². The van der Waals surface area contributed by atoms with Gasteiger partial charge in [-0.1, -0.05) is 36.4 Å². The van der Waals surface area contributed by atoms with Gasteiger partial charge in [0.2, 0.25) is 5.91 Å². The van der Waals surface area contributed by atoms with Crippen molar-refractivity contribution in [3.05, 3.63) is 60.2 Å². The number of ether oxygens (including phenoxy) is 1. The Balaban J connectivity index is 0.00000196. The fourth-order valence-electron chi connectivity index (χ4n) is 3.38. The first kappa shape index (κ1) is 24.1. The number of hydrogen-bond acceptors (Lipinski definition) is 4. The summed E-state index contributed by atoms with van der Waals surface area (Å²) in [5.74, 6) is 1.14. The van der Waals surface area contributed by atoms with Crippen molar-refractivity contribution in [2.75, 3.05) is 31.6 Å². The first-order valence-electron chi connectivity index (χ1n) is 9.02. The molecule has 0 radical (unpaired) electrons. The summed E-state index contributed by atoms with van der Waals surface area (Å²) in [6.45, 7) is 4.29. The van der Waals surface area contributed by atoms with E-state index < -0.39 is 5.54 Å². The number of methoxy groups -OCH3 is 1. The Bertz CT molecular complexity index is 756. The van der Waals surface area contributed by atoms with Crippen LogP contribution in [-0.4, -0.2) is 32.7 Å². The van der Waals surface area contributed by atoms with E-state index in [-0.39, 0.29) is 30.7 Å². The molecule has 1 aliphatic rings. The molecule has 1 saturated heterocycles. The van der Waals surface area contributed by atoms with Gasteiger partial charge >= 0.3 is 0 Å². The summed E-state index contributed by atoms with van der Waals surface area (Å²) in [4.78, 5) is 14.9. The van der Waals surface area contributed by atoms with Crippen LogP contribution in [0.2, 0.25) is 0 Å². The van der Waals surface area contributed by atoms with Crippen molar-refractivity contribution >= 4 is 36.4 Å². The Kier molecular flexibility index (Phi) is 9.08. The van der Waals surface area contributed by atoms with E-state index in [0.29, 0.717) is 12.5 Å². The fourth-order valence-corrected chi connectivity index (χ4v) is 3.38.